The highest BCUT2D eigenvalue weighted by Gasteiger charge is 2.28. The first-order valence-electron chi connectivity index (χ1n) is 5.91. The quantitative estimate of drug-likeness (QED) is 0.641. The minimum absolute atomic E-state index is 0.00453. The van der Waals surface area contributed by atoms with Crippen molar-refractivity contribution in [3.05, 3.63) is 0 Å². The Morgan fingerprint density at radius 2 is 1.87 bits per heavy atom. The van der Waals surface area contributed by atoms with Crippen LogP contribution in [0.5, 0.6) is 0 Å². The zero-order valence-corrected chi connectivity index (χ0v) is 10.6. The highest BCUT2D eigenvalue weighted by atomic mass is 16.5. The molecular weight excluding hydrogens is 190 g/mol. The van der Waals surface area contributed by atoms with Gasteiger partial charge in [-0.2, -0.15) is 0 Å². The Labute approximate surface area is 94.0 Å². The molecule has 0 bridgehead atoms. The second-order valence-electron chi connectivity index (χ2n) is 5.19. The summed E-state index contributed by atoms with van der Waals surface area (Å²) in [6, 6.07) is -0.121. The van der Waals surface area contributed by atoms with Gasteiger partial charge < -0.3 is 15.6 Å². The number of nitrogens with two attached hydrogens (primary N) is 1. The highest BCUT2D eigenvalue weighted by molar-refractivity contribution is 4.84. The maximum absolute atomic E-state index is 9.21. The summed E-state index contributed by atoms with van der Waals surface area (Å²) in [5.74, 6) is 0. The smallest absolute Gasteiger partial charge is 0.0961 e. The maximum Gasteiger partial charge on any atom is 0.0961 e. The van der Waals surface area contributed by atoms with Gasteiger partial charge in [0.15, 0.2) is 0 Å². The third-order valence-corrected chi connectivity index (χ3v) is 2.66. The van der Waals surface area contributed by atoms with Gasteiger partial charge in [0.05, 0.1) is 12.7 Å². The van der Waals surface area contributed by atoms with Gasteiger partial charge in [0, 0.05) is 12.6 Å². The number of aliphatic hydroxyl groups is 1. The Morgan fingerprint density at radius 1 is 1.27 bits per heavy atom. The van der Waals surface area contributed by atoms with Crippen LogP contribution in [0.1, 0.15) is 47.0 Å². The predicted octanol–water partition coefficient (Wildman–Crippen LogP) is 1.93. The topological polar surface area (TPSA) is 55.5 Å². The van der Waals surface area contributed by atoms with E-state index in [0.717, 1.165) is 6.42 Å². The molecule has 0 aromatic heterocycles. The average molecular weight is 217 g/mol. The summed E-state index contributed by atoms with van der Waals surface area (Å²) in [5, 5.41) is 9.21. The van der Waals surface area contributed by atoms with Crippen molar-refractivity contribution in [3.8, 4) is 0 Å². The van der Waals surface area contributed by atoms with Crippen LogP contribution in [0.4, 0.5) is 0 Å². The van der Waals surface area contributed by atoms with Gasteiger partial charge in [-0.25, -0.2) is 0 Å². The Bertz CT molecular complexity index is 154. The molecule has 2 atom stereocenters. The van der Waals surface area contributed by atoms with Gasteiger partial charge in [0.1, 0.15) is 0 Å². The third-order valence-electron chi connectivity index (χ3n) is 2.66. The van der Waals surface area contributed by atoms with Crippen molar-refractivity contribution < 1.29 is 9.84 Å². The summed E-state index contributed by atoms with van der Waals surface area (Å²) in [7, 11) is 0. The molecule has 0 aliphatic heterocycles. The minimum Gasteiger partial charge on any atom is -0.394 e. The zero-order valence-electron chi connectivity index (χ0n) is 10.6. The lowest BCUT2D eigenvalue weighted by Crippen LogP contribution is -2.48. The summed E-state index contributed by atoms with van der Waals surface area (Å²) in [6.07, 6.45) is 3.16. The van der Waals surface area contributed by atoms with Crippen molar-refractivity contribution in [1.82, 2.24) is 0 Å². The monoisotopic (exact) mass is 217 g/mol. The van der Waals surface area contributed by atoms with Crippen LogP contribution in [0.15, 0.2) is 0 Å². The van der Waals surface area contributed by atoms with Crippen molar-refractivity contribution in [2.75, 3.05) is 13.2 Å². The van der Waals surface area contributed by atoms with Crippen LogP contribution in [0.2, 0.25) is 0 Å². The summed E-state index contributed by atoms with van der Waals surface area (Å²) in [4.78, 5) is 0. The van der Waals surface area contributed by atoms with E-state index < -0.39 is 0 Å². The average Bonchev–Trinajstić information content (AvgIpc) is 2.16. The Kier molecular flexibility index (Phi) is 7.14. The number of ether oxygens (including phenoxy) is 1. The lowest BCUT2D eigenvalue weighted by Gasteiger charge is -2.33. The molecular formula is C12H27NO2. The van der Waals surface area contributed by atoms with E-state index in [9.17, 15) is 5.11 Å². The first-order valence-corrected chi connectivity index (χ1v) is 5.91. The van der Waals surface area contributed by atoms with E-state index in [-0.39, 0.29) is 24.2 Å². The van der Waals surface area contributed by atoms with Crippen LogP contribution in [0.3, 0.4) is 0 Å². The molecule has 0 aliphatic carbocycles. The molecule has 3 N–H and O–H groups in total. The van der Waals surface area contributed by atoms with Gasteiger partial charge in [0.2, 0.25) is 0 Å². The van der Waals surface area contributed by atoms with Crippen molar-refractivity contribution in [2.45, 2.75) is 59.1 Å². The van der Waals surface area contributed by atoms with E-state index in [1.807, 2.05) is 0 Å². The highest BCUT2D eigenvalue weighted by Crippen LogP contribution is 2.21. The van der Waals surface area contributed by atoms with Gasteiger partial charge in [-0.3, -0.25) is 0 Å². The normalized spacial score (nSPS) is 16.4. The largest absolute Gasteiger partial charge is 0.394 e. The fraction of sp³-hybridized carbons (Fsp3) is 1.00. The molecule has 0 rings (SSSR count). The lowest BCUT2D eigenvalue weighted by atomic mass is 9.84. The second-order valence-corrected chi connectivity index (χ2v) is 5.19. The van der Waals surface area contributed by atoms with Crippen molar-refractivity contribution in [3.63, 3.8) is 0 Å². The van der Waals surface area contributed by atoms with E-state index in [1.54, 1.807) is 0 Å². The summed E-state index contributed by atoms with van der Waals surface area (Å²) >= 11 is 0. The van der Waals surface area contributed by atoms with Gasteiger partial charge in [-0.1, -0.05) is 40.5 Å². The fourth-order valence-electron chi connectivity index (χ4n) is 1.41. The summed E-state index contributed by atoms with van der Waals surface area (Å²) in [5.41, 5.74) is 6.01. The molecule has 0 amide bonds. The van der Waals surface area contributed by atoms with Crippen molar-refractivity contribution in [2.24, 2.45) is 11.1 Å². The van der Waals surface area contributed by atoms with Gasteiger partial charge >= 0.3 is 0 Å². The van der Waals surface area contributed by atoms with Gasteiger partial charge in [0.25, 0.3) is 0 Å². The number of unbranched alkanes of at least 4 members (excludes halogenated alkanes) is 2. The molecule has 0 radical (unpaired) electrons. The summed E-state index contributed by atoms with van der Waals surface area (Å²) in [6.45, 7) is 9.05. The van der Waals surface area contributed by atoms with E-state index >= 15 is 0 Å². The Balaban J connectivity index is 3.91. The number of aliphatic hydroxyl groups excluding tert-OH is 1. The number of rotatable bonds is 7. The van der Waals surface area contributed by atoms with E-state index in [0.29, 0.717) is 6.61 Å². The second kappa shape index (κ2) is 7.20. The fourth-order valence-corrected chi connectivity index (χ4v) is 1.41. The number of hydrogen-bond acceptors (Lipinski definition) is 3. The first-order chi connectivity index (χ1) is 6.93. The molecule has 0 aliphatic rings. The molecule has 0 saturated heterocycles. The van der Waals surface area contributed by atoms with Crippen molar-refractivity contribution >= 4 is 0 Å². The predicted molar refractivity (Wildman–Crippen MR) is 63.8 cm³/mol. The first kappa shape index (κ1) is 14.9. The molecule has 0 aromatic rings. The molecule has 3 heteroatoms. The maximum atomic E-state index is 9.21. The molecule has 3 nitrogen and oxygen atoms in total. The molecule has 0 aromatic carbocycles. The number of hydrogen-bond donors (Lipinski definition) is 2. The standard InChI is InChI=1S/C12H27NO2/c1-5-6-7-8-15-10(9-14)11(13)12(2,3)4/h10-11,14H,5-9,13H2,1-4H3. The van der Waals surface area contributed by atoms with Crippen molar-refractivity contribution in [1.29, 1.82) is 0 Å². The molecule has 92 valence electrons. The van der Waals surface area contributed by atoms with Crippen LogP contribution in [-0.2, 0) is 4.74 Å². The Hall–Kier alpha value is -0.120. The van der Waals surface area contributed by atoms with Crippen LogP contribution in [0, 0.1) is 5.41 Å². The zero-order chi connectivity index (χ0) is 11.9. The van der Waals surface area contributed by atoms with Crippen LogP contribution in [0.25, 0.3) is 0 Å². The summed E-state index contributed by atoms with van der Waals surface area (Å²) < 4.78 is 5.61. The van der Waals surface area contributed by atoms with Crippen LogP contribution >= 0.6 is 0 Å². The molecule has 0 saturated carbocycles. The minimum atomic E-state index is -0.234. The van der Waals surface area contributed by atoms with E-state index in [2.05, 4.69) is 27.7 Å². The Morgan fingerprint density at radius 3 is 2.27 bits per heavy atom. The van der Waals surface area contributed by atoms with Gasteiger partial charge in [-0.15, -0.1) is 0 Å². The van der Waals surface area contributed by atoms with Gasteiger partial charge in [-0.05, 0) is 11.8 Å². The van der Waals surface area contributed by atoms with Crippen LogP contribution < -0.4 is 5.73 Å². The third kappa shape index (κ3) is 6.13. The molecule has 2 unspecified atom stereocenters. The van der Waals surface area contributed by atoms with Crippen LogP contribution in [-0.4, -0.2) is 30.5 Å². The molecule has 15 heavy (non-hydrogen) atoms. The SMILES string of the molecule is CCCCCOC(CO)C(N)C(C)(C)C. The molecule has 0 fully saturated rings. The molecule has 0 spiro atoms. The van der Waals surface area contributed by atoms with E-state index in [1.165, 1.54) is 12.8 Å². The molecule has 0 heterocycles. The van der Waals surface area contributed by atoms with E-state index in [4.69, 9.17) is 10.5 Å². The lowest BCUT2D eigenvalue weighted by molar-refractivity contribution is -0.0254.